The smallest absolute Gasteiger partial charge is 0.242 e. The van der Waals surface area contributed by atoms with Crippen LogP contribution in [0.25, 0.3) is 0 Å². The van der Waals surface area contributed by atoms with Gasteiger partial charge in [0.15, 0.2) is 0 Å². The van der Waals surface area contributed by atoms with Crippen LogP contribution in [0.2, 0.25) is 0 Å². The molecule has 1 aromatic heterocycles. The average molecular weight is 308 g/mol. The number of hydrogen-bond donors (Lipinski definition) is 2. The van der Waals surface area contributed by atoms with Crippen LogP contribution >= 0.6 is 0 Å². The van der Waals surface area contributed by atoms with E-state index in [1.54, 1.807) is 0 Å². The molecule has 1 fully saturated rings. The molecule has 0 amide bonds. The SMILES string of the molecule is CC1CCC(CNS(=O)(=O)c2cncc(C#CCO)c2)C1. The number of hydrogen-bond acceptors (Lipinski definition) is 4. The van der Waals surface area contributed by atoms with E-state index >= 15 is 0 Å². The van der Waals surface area contributed by atoms with Gasteiger partial charge in [0.25, 0.3) is 0 Å². The van der Waals surface area contributed by atoms with Crippen molar-refractivity contribution in [1.29, 1.82) is 0 Å². The summed E-state index contributed by atoms with van der Waals surface area (Å²) in [5.74, 6) is 6.23. The zero-order chi connectivity index (χ0) is 15.3. The zero-order valence-corrected chi connectivity index (χ0v) is 12.9. The molecule has 114 valence electrons. The lowest BCUT2D eigenvalue weighted by atomic mass is 10.1. The number of aliphatic hydroxyl groups excluding tert-OH is 1. The second kappa shape index (κ2) is 7.03. The number of sulfonamides is 1. The minimum atomic E-state index is -3.56. The normalized spacial score (nSPS) is 21.8. The second-order valence-electron chi connectivity index (χ2n) is 5.51. The fourth-order valence-corrected chi connectivity index (χ4v) is 3.70. The molecule has 1 heterocycles. The van der Waals surface area contributed by atoms with Crippen LogP contribution in [0.3, 0.4) is 0 Å². The first-order chi connectivity index (χ1) is 10.0. The van der Waals surface area contributed by atoms with Gasteiger partial charge >= 0.3 is 0 Å². The number of aromatic nitrogens is 1. The minimum Gasteiger partial charge on any atom is -0.384 e. The Morgan fingerprint density at radius 2 is 2.24 bits per heavy atom. The molecule has 21 heavy (non-hydrogen) atoms. The van der Waals surface area contributed by atoms with Crippen LogP contribution in [-0.2, 0) is 10.0 Å². The third-order valence-corrected chi connectivity index (χ3v) is 5.09. The summed E-state index contributed by atoms with van der Waals surface area (Å²) in [5.41, 5.74) is 0.474. The zero-order valence-electron chi connectivity index (χ0n) is 12.0. The first-order valence-electron chi connectivity index (χ1n) is 7.05. The summed E-state index contributed by atoms with van der Waals surface area (Å²) in [7, 11) is -3.56. The van der Waals surface area contributed by atoms with E-state index in [1.807, 2.05) is 0 Å². The molecule has 2 N–H and O–H groups in total. The monoisotopic (exact) mass is 308 g/mol. The second-order valence-corrected chi connectivity index (χ2v) is 7.27. The van der Waals surface area contributed by atoms with Crippen molar-refractivity contribution in [2.75, 3.05) is 13.2 Å². The molecular weight excluding hydrogens is 288 g/mol. The number of rotatable bonds is 4. The summed E-state index contributed by atoms with van der Waals surface area (Å²) < 4.78 is 27.2. The number of aliphatic hydroxyl groups is 1. The summed E-state index contributed by atoms with van der Waals surface area (Å²) >= 11 is 0. The molecular formula is C15H20N2O3S. The topological polar surface area (TPSA) is 79.3 Å². The maximum absolute atomic E-state index is 12.2. The van der Waals surface area contributed by atoms with Crippen molar-refractivity contribution < 1.29 is 13.5 Å². The number of nitrogens with one attached hydrogen (secondary N) is 1. The third-order valence-electron chi connectivity index (χ3n) is 3.70. The summed E-state index contributed by atoms with van der Waals surface area (Å²) in [5, 5.41) is 8.66. The summed E-state index contributed by atoms with van der Waals surface area (Å²) in [6.45, 7) is 2.40. The molecule has 1 aromatic rings. The average Bonchev–Trinajstić information content (AvgIpc) is 2.89. The van der Waals surface area contributed by atoms with Crippen LogP contribution in [0, 0.1) is 23.7 Å². The van der Waals surface area contributed by atoms with E-state index in [0.29, 0.717) is 23.9 Å². The maximum Gasteiger partial charge on any atom is 0.242 e. The molecule has 0 aliphatic heterocycles. The fourth-order valence-electron chi connectivity index (χ4n) is 2.60. The molecule has 1 aliphatic carbocycles. The highest BCUT2D eigenvalue weighted by molar-refractivity contribution is 7.89. The van der Waals surface area contributed by atoms with Crippen molar-refractivity contribution in [1.82, 2.24) is 9.71 Å². The van der Waals surface area contributed by atoms with Gasteiger partial charge in [0.1, 0.15) is 11.5 Å². The molecule has 0 radical (unpaired) electrons. The van der Waals surface area contributed by atoms with Crippen molar-refractivity contribution in [3.05, 3.63) is 24.0 Å². The van der Waals surface area contributed by atoms with Crippen LogP contribution in [0.1, 0.15) is 31.7 Å². The fraction of sp³-hybridized carbons (Fsp3) is 0.533. The van der Waals surface area contributed by atoms with Gasteiger partial charge in [-0.1, -0.05) is 25.2 Å². The van der Waals surface area contributed by atoms with Crippen molar-refractivity contribution in [3.63, 3.8) is 0 Å². The van der Waals surface area contributed by atoms with E-state index in [-0.39, 0.29) is 11.5 Å². The predicted molar refractivity (Wildman–Crippen MR) is 79.9 cm³/mol. The quantitative estimate of drug-likeness (QED) is 0.818. The van der Waals surface area contributed by atoms with Crippen LogP contribution in [0.5, 0.6) is 0 Å². The van der Waals surface area contributed by atoms with Crippen LogP contribution in [0.4, 0.5) is 0 Å². The molecule has 0 bridgehead atoms. The summed E-state index contributed by atoms with van der Waals surface area (Å²) in [6, 6.07) is 1.47. The van der Waals surface area contributed by atoms with Gasteiger partial charge in [-0.2, -0.15) is 0 Å². The molecule has 2 atom stereocenters. The van der Waals surface area contributed by atoms with Gasteiger partial charge < -0.3 is 5.11 Å². The van der Waals surface area contributed by atoms with Crippen LogP contribution in [-0.4, -0.2) is 31.7 Å². The Labute approximate surface area is 125 Å². The Morgan fingerprint density at radius 1 is 1.43 bits per heavy atom. The first kappa shape index (κ1) is 16.0. The van der Waals surface area contributed by atoms with Gasteiger partial charge in [0.2, 0.25) is 10.0 Å². The Hall–Kier alpha value is -1.42. The Kier molecular flexibility index (Phi) is 5.34. The van der Waals surface area contributed by atoms with E-state index in [1.165, 1.54) is 24.9 Å². The predicted octanol–water partition coefficient (Wildman–Crippen LogP) is 1.14. The van der Waals surface area contributed by atoms with Crippen molar-refractivity contribution in [2.45, 2.75) is 31.1 Å². The Morgan fingerprint density at radius 3 is 2.90 bits per heavy atom. The van der Waals surface area contributed by atoms with Gasteiger partial charge in [0, 0.05) is 24.5 Å². The van der Waals surface area contributed by atoms with E-state index < -0.39 is 10.0 Å². The highest BCUT2D eigenvalue weighted by Crippen LogP contribution is 2.29. The lowest BCUT2D eigenvalue weighted by Crippen LogP contribution is -2.28. The van der Waals surface area contributed by atoms with Gasteiger partial charge in [-0.3, -0.25) is 4.98 Å². The molecule has 0 aromatic carbocycles. The van der Waals surface area contributed by atoms with Crippen LogP contribution in [0.15, 0.2) is 23.4 Å². The van der Waals surface area contributed by atoms with Crippen LogP contribution < -0.4 is 4.72 Å². The molecule has 0 spiro atoms. The van der Waals surface area contributed by atoms with Gasteiger partial charge in [-0.25, -0.2) is 13.1 Å². The first-order valence-corrected chi connectivity index (χ1v) is 8.54. The lowest BCUT2D eigenvalue weighted by molar-refractivity contribution is 0.350. The van der Waals surface area contributed by atoms with Gasteiger partial charge in [0.05, 0.1) is 0 Å². The molecule has 1 aliphatic rings. The largest absolute Gasteiger partial charge is 0.384 e. The van der Waals surface area contributed by atoms with Crippen molar-refractivity contribution in [2.24, 2.45) is 11.8 Å². The number of nitrogens with zero attached hydrogens (tertiary/aromatic N) is 1. The Bertz CT molecular complexity index is 646. The van der Waals surface area contributed by atoms with E-state index in [9.17, 15) is 8.42 Å². The van der Waals surface area contributed by atoms with E-state index in [0.717, 1.165) is 12.8 Å². The summed E-state index contributed by atoms with van der Waals surface area (Å²) in [6.07, 6.45) is 6.09. The Balaban J connectivity index is 2.05. The minimum absolute atomic E-state index is 0.110. The molecule has 0 saturated heterocycles. The van der Waals surface area contributed by atoms with Crippen molar-refractivity contribution in [3.8, 4) is 11.8 Å². The molecule has 5 nitrogen and oxygen atoms in total. The third kappa shape index (κ3) is 4.53. The summed E-state index contributed by atoms with van der Waals surface area (Å²) in [4.78, 5) is 4.00. The molecule has 1 saturated carbocycles. The number of pyridine rings is 1. The van der Waals surface area contributed by atoms with Gasteiger partial charge in [-0.15, -0.1) is 0 Å². The highest BCUT2D eigenvalue weighted by Gasteiger charge is 2.23. The lowest BCUT2D eigenvalue weighted by Gasteiger charge is -2.11. The van der Waals surface area contributed by atoms with Crippen molar-refractivity contribution >= 4 is 10.0 Å². The molecule has 2 rings (SSSR count). The van der Waals surface area contributed by atoms with E-state index in [4.69, 9.17) is 5.11 Å². The standard InChI is InChI=1S/C15H20N2O3S/c1-12-4-5-14(7-12)10-17-21(19,20)15-8-13(3-2-6-18)9-16-11-15/h8-9,11-12,14,17-18H,4-7,10H2,1H3. The van der Waals surface area contributed by atoms with E-state index in [2.05, 4.69) is 28.5 Å². The molecule has 6 heteroatoms. The van der Waals surface area contributed by atoms with Gasteiger partial charge in [-0.05, 0) is 30.7 Å². The molecule has 2 unspecified atom stereocenters. The maximum atomic E-state index is 12.2. The highest BCUT2D eigenvalue weighted by atomic mass is 32.2.